The van der Waals surface area contributed by atoms with Gasteiger partial charge in [0, 0.05) is 25.7 Å². The number of hydrogen-bond donors (Lipinski definition) is 1. The summed E-state index contributed by atoms with van der Waals surface area (Å²) in [6.45, 7) is 3.12. The first kappa shape index (κ1) is 9.00. The smallest absolute Gasteiger partial charge is 0.207 e. The van der Waals surface area contributed by atoms with E-state index in [1.54, 1.807) is 0 Å². The molecule has 1 saturated carbocycles. The molecule has 3 rings (SSSR count). The zero-order valence-corrected chi connectivity index (χ0v) is 8.04. The van der Waals surface area contributed by atoms with E-state index in [9.17, 15) is 4.79 Å². The van der Waals surface area contributed by atoms with Gasteiger partial charge in [0.05, 0.1) is 0 Å². The second-order valence-electron chi connectivity index (χ2n) is 4.24. The monoisotopic (exact) mass is 182 g/mol. The Morgan fingerprint density at radius 2 is 2.08 bits per heavy atom. The van der Waals surface area contributed by atoms with Gasteiger partial charge in [-0.25, -0.2) is 0 Å². The number of amides is 1. The van der Waals surface area contributed by atoms with E-state index in [4.69, 9.17) is 0 Å². The molecule has 0 unspecified atom stereocenters. The first-order valence-corrected chi connectivity index (χ1v) is 5.31. The Morgan fingerprint density at radius 1 is 1.31 bits per heavy atom. The van der Waals surface area contributed by atoms with Crippen LogP contribution >= 0.6 is 0 Å². The Kier molecular flexibility index (Phi) is 2.83. The topological polar surface area (TPSA) is 32.3 Å². The Morgan fingerprint density at radius 3 is 2.62 bits per heavy atom. The van der Waals surface area contributed by atoms with Crippen LogP contribution in [-0.2, 0) is 4.79 Å². The lowest BCUT2D eigenvalue weighted by Gasteiger charge is -2.45. The molecule has 1 N–H and O–H groups in total. The molecule has 0 aromatic carbocycles. The zero-order valence-electron chi connectivity index (χ0n) is 8.04. The fraction of sp³-hybridized carbons (Fsp3) is 0.900. The number of carbonyl (C=O) groups excluding carboxylic acids is 1. The molecule has 0 aromatic heterocycles. The minimum atomic E-state index is 0.794. The number of carbonyl (C=O) groups is 1. The normalized spacial score (nSPS) is 33.2. The second kappa shape index (κ2) is 4.09. The SMILES string of the molecule is O=CNCCN1CC2CCC1CC2. The molecule has 0 radical (unpaired) electrons. The summed E-state index contributed by atoms with van der Waals surface area (Å²) >= 11 is 0. The van der Waals surface area contributed by atoms with Gasteiger partial charge in [0.15, 0.2) is 0 Å². The third kappa shape index (κ3) is 2.02. The van der Waals surface area contributed by atoms with Gasteiger partial charge in [-0.2, -0.15) is 0 Å². The molecule has 2 bridgehead atoms. The van der Waals surface area contributed by atoms with Crippen molar-refractivity contribution >= 4 is 6.41 Å². The van der Waals surface area contributed by atoms with E-state index in [1.165, 1.54) is 32.2 Å². The molecule has 0 spiro atoms. The van der Waals surface area contributed by atoms with Crippen molar-refractivity contribution < 1.29 is 4.79 Å². The predicted molar refractivity (Wildman–Crippen MR) is 51.4 cm³/mol. The van der Waals surface area contributed by atoms with Gasteiger partial charge in [-0.1, -0.05) is 0 Å². The van der Waals surface area contributed by atoms with Crippen LogP contribution in [0.5, 0.6) is 0 Å². The summed E-state index contributed by atoms with van der Waals surface area (Å²) in [6.07, 6.45) is 6.42. The third-order valence-corrected chi connectivity index (χ3v) is 3.45. The highest BCUT2D eigenvalue weighted by atomic mass is 16.1. The van der Waals surface area contributed by atoms with Crippen molar-refractivity contribution in [2.24, 2.45) is 5.92 Å². The average molecular weight is 182 g/mol. The minimum absolute atomic E-state index is 0.794. The Bertz CT molecular complexity index is 176. The second-order valence-corrected chi connectivity index (χ2v) is 4.24. The standard InChI is InChI=1S/C10H18N2O/c13-8-11-5-6-12-7-9-1-3-10(12)4-2-9/h8-10H,1-7H2,(H,11,13). The lowest BCUT2D eigenvalue weighted by Crippen LogP contribution is -2.49. The Hall–Kier alpha value is -0.570. The Labute approximate surface area is 79.5 Å². The fourth-order valence-corrected chi connectivity index (χ4v) is 2.71. The van der Waals surface area contributed by atoms with Crippen molar-refractivity contribution in [3.8, 4) is 0 Å². The van der Waals surface area contributed by atoms with Crippen LogP contribution in [0.3, 0.4) is 0 Å². The fourth-order valence-electron chi connectivity index (χ4n) is 2.71. The van der Waals surface area contributed by atoms with E-state index in [2.05, 4.69) is 10.2 Å². The molecule has 2 aliphatic heterocycles. The van der Waals surface area contributed by atoms with Crippen LogP contribution in [0.25, 0.3) is 0 Å². The summed E-state index contributed by atoms with van der Waals surface area (Å²) in [7, 11) is 0. The highest BCUT2D eigenvalue weighted by Crippen LogP contribution is 2.34. The highest BCUT2D eigenvalue weighted by Gasteiger charge is 2.32. The third-order valence-electron chi connectivity index (χ3n) is 3.45. The first-order valence-electron chi connectivity index (χ1n) is 5.31. The largest absolute Gasteiger partial charge is 0.357 e. The van der Waals surface area contributed by atoms with Crippen molar-refractivity contribution in [1.29, 1.82) is 0 Å². The van der Waals surface area contributed by atoms with Gasteiger partial charge in [0.2, 0.25) is 6.41 Å². The maximum absolute atomic E-state index is 10.1. The van der Waals surface area contributed by atoms with Gasteiger partial charge in [-0.3, -0.25) is 9.69 Å². The van der Waals surface area contributed by atoms with Crippen LogP contribution in [0, 0.1) is 5.92 Å². The van der Waals surface area contributed by atoms with Crippen LogP contribution in [0.4, 0.5) is 0 Å². The summed E-state index contributed by atoms with van der Waals surface area (Å²) in [6, 6.07) is 0.818. The number of hydrogen-bond acceptors (Lipinski definition) is 2. The number of fused-ring (bicyclic) bond motifs is 3. The van der Waals surface area contributed by atoms with E-state index >= 15 is 0 Å². The van der Waals surface area contributed by atoms with E-state index in [-0.39, 0.29) is 0 Å². The molecule has 74 valence electrons. The average Bonchev–Trinajstić information content (AvgIpc) is 2.20. The number of nitrogens with one attached hydrogen (secondary N) is 1. The minimum Gasteiger partial charge on any atom is -0.357 e. The predicted octanol–water partition coefficient (Wildman–Crippen LogP) is 0.607. The molecule has 0 atom stereocenters. The van der Waals surface area contributed by atoms with E-state index in [1.807, 2.05) is 0 Å². The van der Waals surface area contributed by atoms with Crippen LogP contribution < -0.4 is 5.32 Å². The summed E-state index contributed by atoms with van der Waals surface area (Å²) in [5.74, 6) is 0.946. The molecule has 2 saturated heterocycles. The van der Waals surface area contributed by atoms with Gasteiger partial charge in [-0.15, -0.1) is 0 Å². The first-order chi connectivity index (χ1) is 6.40. The highest BCUT2D eigenvalue weighted by molar-refractivity contribution is 5.45. The molecule has 1 amide bonds. The lowest BCUT2D eigenvalue weighted by molar-refractivity contribution is -0.109. The van der Waals surface area contributed by atoms with E-state index in [0.29, 0.717) is 0 Å². The summed E-state index contributed by atoms with van der Waals surface area (Å²) in [5, 5.41) is 2.73. The molecule has 3 aliphatic rings. The van der Waals surface area contributed by atoms with Crippen molar-refractivity contribution in [1.82, 2.24) is 10.2 Å². The zero-order chi connectivity index (χ0) is 9.10. The summed E-state index contributed by atoms with van der Waals surface area (Å²) in [4.78, 5) is 12.6. The van der Waals surface area contributed by atoms with Crippen molar-refractivity contribution in [3.05, 3.63) is 0 Å². The molecule has 3 heteroatoms. The Balaban J connectivity index is 1.76. The van der Waals surface area contributed by atoms with Gasteiger partial charge in [-0.05, 0) is 31.6 Å². The molecule has 2 heterocycles. The maximum atomic E-state index is 10.1. The molecule has 1 aliphatic carbocycles. The van der Waals surface area contributed by atoms with Crippen LogP contribution in [0.1, 0.15) is 25.7 Å². The molecular formula is C10H18N2O. The van der Waals surface area contributed by atoms with Crippen molar-refractivity contribution in [2.45, 2.75) is 31.7 Å². The number of piperidine rings is 2. The van der Waals surface area contributed by atoms with E-state index in [0.717, 1.165) is 31.5 Å². The summed E-state index contributed by atoms with van der Waals surface area (Å²) < 4.78 is 0. The number of nitrogens with zero attached hydrogens (tertiary/aromatic N) is 1. The van der Waals surface area contributed by atoms with Gasteiger partial charge < -0.3 is 5.32 Å². The van der Waals surface area contributed by atoms with Crippen molar-refractivity contribution in [3.63, 3.8) is 0 Å². The van der Waals surface area contributed by atoms with Crippen LogP contribution in [0.2, 0.25) is 0 Å². The maximum Gasteiger partial charge on any atom is 0.207 e. The number of rotatable bonds is 4. The van der Waals surface area contributed by atoms with Crippen molar-refractivity contribution in [2.75, 3.05) is 19.6 Å². The quantitative estimate of drug-likeness (QED) is 0.510. The van der Waals surface area contributed by atoms with Crippen LogP contribution in [0.15, 0.2) is 0 Å². The molecule has 3 fully saturated rings. The summed E-state index contributed by atoms with van der Waals surface area (Å²) in [5.41, 5.74) is 0. The molecular weight excluding hydrogens is 164 g/mol. The van der Waals surface area contributed by atoms with Gasteiger partial charge in [0.1, 0.15) is 0 Å². The van der Waals surface area contributed by atoms with Gasteiger partial charge >= 0.3 is 0 Å². The molecule has 13 heavy (non-hydrogen) atoms. The molecule has 3 nitrogen and oxygen atoms in total. The van der Waals surface area contributed by atoms with E-state index < -0.39 is 0 Å². The van der Waals surface area contributed by atoms with Gasteiger partial charge in [0.25, 0.3) is 0 Å². The van der Waals surface area contributed by atoms with Crippen LogP contribution in [-0.4, -0.2) is 37.0 Å². The lowest BCUT2D eigenvalue weighted by atomic mass is 9.80. The molecule has 0 aromatic rings.